The third kappa shape index (κ3) is 4.33. The molecule has 0 saturated carbocycles. The van der Waals surface area contributed by atoms with Crippen LogP contribution in [0.4, 0.5) is 5.69 Å². The van der Waals surface area contributed by atoms with Gasteiger partial charge in [-0.1, -0.05) is 13.0 Å². The summed E-state index contributed by atoms with van der Waals surface area (Å²) in [6.07, 6.45) is 0.712. The van der Waals surface area contributed by atoms with Crippen molar-refractivity contribution in [2.45, 2.75) is 45.1 Å². The van der Waals surface area contributed by atoms with E-state index >= 15 is 0 Å². The molecule has 0 heterocycles. The van der Waals surface area contributed by atoms with Crippen LogP contribution in [0.25, 0.3) is 0 Å². The molecule has 1 amide bonds. The van der Waals surface area contributed by atoms with E-state index in [9.17, 15) is 13.2 Å². The fraction of sp³-hybridized carbons (Fsp3) is 0.462. The van der Waals surface area contributed by atoms with Crippen LogP contribution in [0.2, 0.25) is 0 Å². The largest absolute Gasteiger partial charge is 0.326 e. The standard InChI is InChI=1S/C13H20N2O3S/c1-5-10(3)15-19(17,18)13-8-12(14-11(4)16)7-6-9(13)2/h6-8,10,15H,5H2,1-4H3,(H,14,16). The summed E-state index contributed by atoms with van der Waals surface area (Å²) < 4.78 is 27.1. The molecule has 106 valence electrons. The molecule has 0 aliphatic heterocycles. The maximum absolute atomic E-state index is 12.2. The molecule has 0 aromatic heterocycles. The molecule has 1 rings (SSSR count). The van der Waals surface area contributed by atoms with Crippen molar-refractivity contribution in [3.05, 3.63) is 23.8 Å². The van der Waals surface area contributed by atoms with Crippen molar-refractivity contribution in [2.24, 2.45) is 0 Å². The van der Waals surface area contributed by atoms with Crippen molar-refractivity contribution < 1.29 is 13.2 Å². The minimum Gasteiger partial charge on any atom is -0.326 e. The number of hydrogen-bond acceptors (Lipinski definition) is 3. The van der Waals surface area contributed by atoms with Gasteiger partial charge in [0.15, 0.2) is 0 Å². The molecule has 0 fully saturated rings. The molecule has 6 heteroatoms. The molecular formula is C13H20N2O3S. The quantitative estimate of drug-likeness (QED) is 0.868. The number of sulfonamides is 1. The van der Waals surface area contributed by atoms with Gasteiger partial charge in [-0.3, -0.25) is 4.79 Å². The lowest BCUT2D eigenvalue weighted by Crippen LogP contribution is -2.32. The Bertz CT molecular complexity index is 567. The smallest absolute Gasteiger partial charge is 0.241 e. The van der Waals surface area contributed by atoms with Crippen molar-refractivity contribution in [2.75, 3.05) is 5.32 Å². The minimum atomic E-state index is -3.56. The van der Waals surface area contributed by atoms with E-state index in [2.05, 4.69) is 10.0 Å². The van der Waals surface area contributed by atoms with Gasteiger partial charge >= 0.3 is 0 Å². The van der Waals surface area contributed by atoms with Crippen molar-refractivity contribution in [1.29, 1.82) is 0 Å². The van der Waals surface area contributed by atoms with Crippen LogP contribution in [0.1, 0.15) is 32.8 Å². The molecule has 5 nitrogen and oxygen atoms in total. The summed E-state index contributed by atoms with van der Waals surface area (Å²) in [4.78, 5) is 11.2. The van der Waals surface area contributed by atoms with Gasteiger partial charge < -0.3 is 5.32 Å². The van der Waals surface area contributed by atoms with Gasteiger partial charge in [-0.15, -0.1) is 0 Å². The Hall–Kier alpha value is -1.40. The van der Waals surface area contributed by atoms with Crippen LogP contribution in [0, 0.1) is 6.92 Å². The summed E-state index contributed by atoms with van der Waals surface area (Å²) in [5.41, 5.74) is 1.12. The highest BCUT2D eigenvalue weighted by Gasteiger charge is 2.19. The predicted molar refractivity (Wildman–Crippen MR) is 75.6 cm³/mol. The molecule has 1 unspecified atom stereocenters. The normalized spacial score (nSPS) is 13.1. The van der Waals surface area contributed by atoms with E-state index in [1.54, 1.807) is 19.1 Å². The second-order valence-corrected chi connectivity index (χ2v) is 6.27. The van der Waals surface area contributed by atoms with E-state index in [0.717, 1.165) is 0 Å². The molecular weight excluding hydrogens is 264 g/mol. The average molecular weight is 284 g/mol. The molecule has 1 aromatic carbocycles. The van der Waals surface area contributed by atoms with Crippen LogP contribution in [0.15, 0.2) is 23.1 Å². The maximum Gasteiger partial charge on any atom is 0.241 e. The number of rotatable bonds is 5. The zero-order valence-electron chi connectivity index (χ0n) is 11.6. The Kier molecular flexibility index (Phi) is 5.08. The summed E-state index contributed by atoms with van der Waals surface area (Å²) in [6.45, 7) is 6.83. The molecule has 1 aromatic rings. The first-order valence-electron chi connectivity index (χ1n) is 6.17. The molecule has 0 aliphatic rings. The van der Waals surface area contributed by atoms with Crippen LogP contribution in [-0.2, 0) is 14.8 Å². The van der Waals surface area contributed by atoms with E-state index in [1.165, 1.54) is 13.0 Å². The number of benzene rings is 1. The van der Waals surface area contributed by atoms with Gasteiger partial charge in [-0.2, -0.15) is 0 Å². The number of anilines is 1. The van der Waals surface area contributed by atoms with Crippen LogP contribution in [0.3, 0.4) is 0 Å². The zero-order valence-corrected chi connectivity index (χ0v) is 12.5. The lowest BCUT2D eigenvalue weighted by atomic mass is 10.2. The van der Waals surface area contributed by atoms with Gasteiger partial charge in [-0.25, -0.2) is 13.1 Å². The monoisotopic (exact) mass is 284 g/mol. The topological polar surface area (TPSA) is 75.3 Å². The molecule has 19 heavy (non-hydrogen) atoms. The average Bonchev–Trinajstić information content (AvgIpc) is 2.30. The molecule has 0 aliphatic carbocycles. The molecule has 0 radical (unpaired) electrons. The van der Waals surface area contributed by atoms with Gasteiger partial charge in [0.25, 0.3) is 0 Å². The first kappa shape index (κ1) is 15.7. The highest BCUT2D eigenvalue weighted by Crippen LogP contribution is 2.20. The summed E-state index contributed by atoms with van der Waals surface area (Å²) in [5.74, 6) is -0.234. The Morgan fingerprint density at radius 2 is 2.00 bits per heavy atom. The number of aryl methyl sites for hydroxylation is 1. The van der Waals surface area contributed by atoms with Crippen LogP contribution in [-0.4, -0.2) is 20.4 Å². The Morgan fingerprint density at radius 3 is 2.53 bits per heavy atom. The van der Waals surface area contributed by atoms with E-state index < -0.39 is 10.0 Å². The number of nitrogens with one attached hydrogen (secondary N) is 2. The molecule has 0 spiro atoms. The van der Waals surface area contributed by atoms with Crippen molar-refractivity contribution in [3.8, 4) is 0 Å². The number of amides is 1. The molecule has 1 atom stereocenters. The van der Waals surface area contributed by atoms with E-state index in [0.29, 0.717) is 17.7 Å². The Balaban J connectivity index is 3.14. The molecule has 0 saturated heterocycles. The second-order valence-electron chi connectivity index (χ2n) is 4.59. The van der Waals surface area contributed by atoms with Gasteiger partial charge in [0.1, 0.15) is 0 Å². The SMILES string of the molecule is CCC(C)NS(=O)(=O)c1cc(NC(C)=O)ccc1C. The number of carbonyl (C=O) groups excluding carboxylic acids is 1. The lowest BCUT2D eigenvalue weighted by molar-refractivity contribution is -0.114. The van der Waals surface area contributed by atoms with Gasteiger partial charge in [0.2, 0.25) is 15.9 Å². The van der Waals surface area contributed by atoms with Crippen molar-refractivity contribution in [1.82, 2.24) is 4.72 Å². The highest BCUT2D eigenvalue weighted by atomic mass is 32.2. The first-order chi connectivity index (χ1) is 8.76. The van der Waals surface area contributed by atoms with Gasteiger partial charge in [0.05, 0.1) is 4.90 Å². The van der Waals surface area contributed by atoms with Crippen LogP contribution < -0.4 is 10.0 Å². The molecule has 2 N–H and O–H groups in total. The van der Waals surface area contributed by atoms with E-state index in [-0.39, 0.29) is 16.8 Å². The first-order valence-corrected chi connectivity index (χ1v) is 7.65. The number of carbonyl (C=O) groups is 1. The van der Waals surface area contributed by atoms with E-state index in [4.69, 9.17) is 0 Å². The fourth-order valence-corrected chi connectivity index (χ4v) is 3.18. The van der Waals surface area contributed by atoms with Crippen molar-refractivity contribution >= 4 is 21.6 Å². The predicted octanol–water partition coefficient (Wildman–Crippen LogP) is 2.03. The van der Waals surface area contributed by atoms with E-state index in [1.807, 2.05) is 13.8 Å². The highest BCUT2D eigenvalue weighted by molar-refractivity contribution is 7.89. The van der Waals surface area contributed by atoms with Crippen LogP contribution in [0.5, 0.6) is 0 Å². The third-order valence-corrected chi connectivity index (χ3v) is 4.50. The van der Waals surface area contributed by atoms with Gasteiger partial charge in [0, 0.05) is 18.7 Å². The Labute approximate surface area is 114 Å². The lowest BCUT2D eigenvalue weighted by Gasteiger charge is -2.14. The summed E-state index contributed by atoms with van der Waals surface area (Å²) in [5, 5.41) is 2.58. The molecule has 0 bridgehead atoms. The third-order valence-electron chi connectivity index (χ3n) is 2.77. The van der Waals surface area contributed by atoms with Gasteiger partial charge in [-0.05, 0) is 38.0 Å². The summed E-state index contributed by atoms with van der Waals surface area (Å²) >= 11 is 0. The maximum atomic E-state index is 12.2. The van der Waals surface area contributed by atoms with Crippen LogP contribution >= 0.6 is 0 Å². The second kappa shape index (κ2) is 6.16. The summed E-state index contributed by atoms with van der Waals surface area (Å²) in [7, 11) is -3.56. The zero-order chi connectivity index (χ0) is 14.6. The minimum absolute atomic E-state index is 0.131. The number of hydrogen-bond donors (Lipinski definition) is 2. The van der Waals surface area contributed by atoms with Crippen molar-refractivity contribution in [3.63, 3.8) is 0 Å². The Morgan fingerprint density at radius 1 is 1.37 bits per heavy atom. The summed E-state index contributed by atoms with van der Waals surface area (Å²) in [6, 6.07) is 4.70. The fourth-order valence-electron chi connectivity index (χ4n) is 1.58.